The fourth-order valence-electron chi connectivity index (χ4n) is 0.889. The second-order valence-corrected chi connectivity index (χ2v) is 3.17. The lowest BCUT2D eigenvalue weighted by atomic mass is 10.3. The van der Waals surface area contributed by atoms with E-state index in [2.05, 4.69) is 10.1 Å². The molecule has 16 heavy (non-hydrogen) atoms. The van der Waals surface area contributed by atoms with Crippen LogP contribution in [0.2, 0.25) is 0 Å². The highest BCUT2D eigenvalue weighted by Gasteiger charge is 2.34. The highest BCUT2D eigenvalue weighted by atomic mass is 16.7. The smallest absolute Gasteiger partial charge is 0.414 e. The van der Waals surface area contributed by atoms with Crippen LogP contribution in [0.5, 0.6) is 0 Å². The highest BCUT2D eigenvalue weighted by molar-refractivity contribution is 5.87. The molecule has 0 bridgehead atoms. The number of benzene rings is 1. The Labute approximate surface area is 91.5 Å². The zero-order valence-electron chi connectivity index (χ0n) is 8.51. The Morgan fingerprint density at radius 3 is 2.38 bits per heavy atom. The second-order valence-electron chi connectivity index (χ2n) is 3.17. The number of aliphatic carboxylic acids is 1. The van der Waals surface area contributed by atoms with Gasteiger partial charge in [0.2, 0.25) is 0 Å². The normalized spacial score (nSPS) is 13.6. The number of aliphatic hydroxyl groups is 1. The van der Waals surface area contributed by atoms with Gasteiger partial charge in [0.05, 0.1) is 0 Å². The van der Waals surface area contributed by atoms with Gasteiger partial charge in [-0.3, -0.25) is 5.32 Å². The third-order valence-electron chi connectivity index (χ3n) is 1.71. The number of carbonyl (C=O) groups excluding carboxylic acids is 1. The predicted octanol–water partition coefficient (Wildman–Crippen LogP) is 1.03. The topological polar surface area (TPSA) is 95.9 Å². The van der Waals surface area contributed by atoms with Crippen molar-refractivity contribution in [3.63, 3.8) is 0 Å². The van der Waals surface area contributed by atoms with E-state index < -0.39 is 17.8 Å². The molecular formula is C10H11NO5. The van der Waals surface area contributed by atoms with E-state index in [4.69, 9.17) is 10.2 Å². The lowest BCUT2D eigenvalue weighted by Crippen LogP contribution is -2.41. The summed E-state index contributed by atoms with van der Waals surface area (Å²) in [6.45, 7) is 0.861. The molecule has 1 unspecified atom stereocenters. The van der Waals surface area contributed by atoms with Crippen molar-refractivity contribution in [2.45, 2.75) is 12.7 Å². The van der Waals surface area contributed by atoms with Crippen molar-refractivity contribution >= 4 is 17.7 Å². The minimum Gasteiger partial charge on any atom is -0.476 e. The molecule has 0 aromatic heterocycles. The molecule has 0 heterocycles. The van der Waals surface area contributed by atoms with Gasteiger partial charge in [-0.15, -0.1) is 0 Å². The van der Waals surface area contributed by atoms with Crippen LogP contribution < -0.4 is 5.32 Å². The molecule has 86 valence electrons. The summed E-state index contributed by atoms with van der Waals surface area (Å²) in [4.78, 5) is 21.6. The van der Waals surface area contributed by atoms with Gasteiger partial charge >= 0.3 is 17.8 Å². The van der Waals surface area contributed by atoms with Crippen molar-refractivity contribution in [2.75, 3.05) is 5.32 Å². The summed E-state index contributed by atoms with van der Waals surface area (Å²) in [6, 6.07) is 8.31. The average molecular weight is 225 g/mol. The van der Waals surface area contributed by atoms with Crippen molar-refractivity contribution in [1.29, 1.82) is 0 Å². The Morgan fingerprint density at radius 2 is 1.88 bits per heavy atom. The first-order chi connectivity index (χ1) is 7.42. The minimum absolute atomic E-state index is 0.439. The number of hydrogen-bond donors (Lipinski definition) is 3. The summed E-state index contributed by atoms with van der Waals surface area (Å²) in [5, 5.41) is 19.9. The number of anilines is 1. The summed E-state index contributed by atoms with van der Waals surface area (Å²) in [6.07, 6.45) is -1.04. The number of carboxylic acids is 1. The third-order valence-corrected chi connectivity index (χ3v) is 1.71. The van der Waals surface area contributed by atoms with E-state index in [1.54, 1.807) is 30.3 Å². The molecule has 0 radical (unpaired) electrons. The van der Waals surface area contributed by atoms with E-state index in [0.29, 0.717) is 5.69 Å². The number of nitrogens with one attached hydrogen (secondary N) is 1. The Morgan fingerprint density at radius 1 is 1.31 bits per heavy atom. The largest absolute Gasteiger partial charge is 0.476 e. The van der Waals surface area contributed by atoms with Crippen LogP contribution in [-0.4, -0.2) is 28.1 Å². The minimum atomic E-state index is -2.54. The van der Waals surface area contributed by atoms with Gasteiger partial charge in [-0.25, -0.2) is 9.59 Å². The van der Waals surface area contributed by atoms with Gasteiger partial charge in [0.25, 0.3) is 0 Å². The Balaban J connectivity index is 2.58. The summed E-state index contributed by atoms with van der Waals surface area (Å²) in [5.41, 5.74) is 0.439. The molecule has 0 fully saturated rings. The van der Waals surface area contributed by atoms with Gasteiger partial charge in [0, 0.05) is 12.6 Å². The van der Waals surface area contributed by atoms with Gasteiger partial charge < -0.3 is 14.9 Å². The Hall–Kier alpha value is -2.08. The average Bonchev–Trinajstić information content (AvgIpc) is 2.17. The van der Waals surface area contributed by atoms with Crippen LogP contribution in [0.4, 0.5) is 10.5 Å². The van der Waals surface area contributed by atoms with Crippen LogP contribution in [0.1, 0.15) is 6.92 Å². The van der Waals surface area contributed by atoms with E-state index in [1.807, 2.05) is 0 Å². The molecule has 0 aliphatic carbocycles. The molecule has 1 aromatic rings. The van der Waals surface area contributed by atoms with Gasteiger partial charge in [0.1, 0.15) is 0 Å². The zero-order chi connectivity index (χ0) is 12.2. The predicted molar refractivity (Wildman–Crippen MR) is 54.8 cm³/mol. The molecule has 6 nitrogen and oxygen atoms in total. The molecule has 1 amide bonds. The first-order valence-corrected chi connectivity index (χ1v) is 4.42. The number of carboxylic acid groups (broad SMARTS) is 1. The SMILES string of the molecule is CC(O)(OC(=O)Nc1ccccc1)C(=O)O. The fourth-order valence-corrected chi connectivity index (χ4v) is 0.889. The van der Waals surface area contributed by atoms with E-state index in [1.165, 1.54) is 0 Å². The molecule has 0 spiro atoms. The highest BCUT2D eigenvalue weighted by Crippen LogP contribution is 2.10. The van der Waals surface area contributed by atoms with Crippen LogP contribution in [0.15, 0.2) is 30.3 Å². The summed E-state index contributed by atoms with van der Waals surface area (Å²) < 4.78 is 4.31. The Kier molecular flexibility index (Phi) is 3.47. The van der Waals surface area contributed by atoms with Crippen molar-refractivity contribution in [3.05, 3.63) is 30.3 Å². The molecule has 6 heteroatoms. The molecule has 1 aromatic carbocycles. The van der Waals surface area contributed by atoms with Crippen LogP contribution in [0.3, 0.4) is 0 Å². The number of ether oxygens (including phenoxy) is 1. The van der Waals surface area contributed by atoms with E-state index in [0.717, 1.165) is 6.92 Å². The Bertz CT molecular complexity index is 387. The van der Waals surface area contributed by atoms with Crippen molar-refractivity contribution in [2.24, 2.45) is 0 Å². The first kappa shape index (κ1) is 12.0. The maximum atomic E-state index is 11.2. The van der Waals surface area contributed by atoms with Crippen LogP contribution >= 0.6 is 0 Å². The van der Waals surface area contributed by atoms with Crippen molar-refractivity contribution in [1.82, 2.24) is 0 Å². The number of hydrogen-bond acceptors (Lipinski definition) is 4. The van der Waals surface area contributed by atoms with Crippen LogP contribution in [0, 0.1) is 0 Å². The summed E-state index contributed by atoms with van der Waals surface area (Å²) in [7, 11) is 0. The monoisotopic (exact) mass is 225 g/mol. The number of para-hydroxylation sites is 1. The maximum absolute atomic E-state index is 11.2. The third kappa shape index (κ3) is 3.25. The van der Waals surface area contributed by atoms with Crippen molar-refractivity contribution in [3.8, 4) is 0 Å². The first-order valence-electron chi connectivity index (χ1n) is 4.42. The molecule has 1 atom stereocenters. The molecule has 0 aliphatic rings. The second kappa shape index (κ2) is 4.63. The number of carbonyl (C=O) groups is 2. The fraction of sp³-hybridized carbons (Fsp3) is 0.200. The van der Waals surface area contributed by atoms with Gasteiger partial charge in [-0.1, -0.05) is 18.2 Å². The van der Waals surface area contributed by atoms with Gasteiger partial charge in [-0.2, -0.15) is 0 Å². The van der Waals surface area contributed by atoms with E-state index >= 15 is 0 Å². The van der Waals surface area contributed by atoms with E-state index in [-0.39, 0.29) is 0 Å². The molecule has 0 saturated heterocycles. The standard InChI is InChI=1S/C10H11NO5/c1-10(15,8(12)13)16-9(14)11-7-5-3-2-4-6-7/h2-6,15H,1H3,(H,11,14)(H,12,13). The van der Waals surface area contributed by atoms with Gasteiger partial charge in [-0.05, 0) is 12.1 Å². The summed E-state index contributed by atoms with van der Waals surface area (Å²) >= 11 is 0. The lowest BCUT2D eigenvalue weighted by molar-refractivity contribution is -0.195. The van der Waals surface area contributed by atoms with Crippen LogP contribution in [0.25, 0.3) is 0 Å². The summed E-state index contributed by atoms with van der Waals surface area (Å²) in [5.74, 6) is -4.19. The van der Waals surface area contributed by atoms with E-state index in [9.17, 15) is 9.59 Å². The molecule has 3 N–H and O–H groups in total. The van der Waals surface area contributed by atoms with Gasteiger partial charge in [0.15, 0.2) is 0 Å². The number of amides is 1. The van der Waals surface area contributed by atoms with Crippen LogP contribution in [-0.2, 0) is 9.53 Å². The zero-order valence-corrected chi connectivity index (χ0v) is 8.51. The molecule has 1 rings (SSSR count). The molecular weight excluding hydrogens is 214 g/mol. The maximum Gasteiger partial charge on any atom is 0.414 e. The number of rotatable bonds is 3. The lowest BCUT2D eigenvalue weighted by Gasteiger charge is -2.18. The quantitative estimate of drug-likeness (QED) is 0.667. The van der Waals surface area contributed by atoms with Crippen molar-refractivity contribution < 1.29 is 24.5 Å². The molecule has 0 saturated carbocycles. The molecule has 0 aliphatic heterocycles.